The van der Waals surface area contributed by atoms with Gasteiger partial charge < -0.3 is 9.64 Å². The molecule has 0 saturated heterocycles. The third kappa shape index (κ3) is 8.68. The maximum Gasteiger partial charge on any atom is 0.308 e. The van der Waals surface area contributed by atoms with E-state index in [1.54, 1.807) is 12.1 Å². The Balaban J connectivity index is 2.19. The molecule has 0 aliphatic carbocycles. The normalized spacial score (nSPS) is 10.6. The number of aryl methyl sites for hydroxylation is 1. The van der Waals surface area contributed by atoms with Crippen molar-refractivity contribution in [3.63, 3.8) is 0 Å². The average molecular weight is 505 g/mol. The van der Waals surface area contributed by atoms with Crippen LogP contribution in [0.2, 0.25) is 0 Å². The summed E-state index contributed by atoms with van der Waals surface area (Å²) in [6.07, 6.45) is 0.138. The monoisotopic (exact) mass is 504 g/mol. The van der Waals surface area contributed by atoms with Gasteiger partial charge in [0.25, 0.3) is 23.9 Å². The molecule has 0 atom stereocenters. The van der Waals surface area contributed by atoms with Gasteiger partial charge in [0, 0.05) is 18.8 Å². The second-order valence-electron chi connectivity index (χ2n) is 6.61. The Morgan fingerprint density at radius 3 is 2.29 bits per heavy atom. The lowest BCUT2D eigenvalue weighted by atomic mass is 10.1. The first-order valence-corrected chi connectivity index (χ1v) is 11.4. The second kappa shape index (κ2) is 13.1. The van der Waals surface area contributed by atoms with Gasteiger partial charge in [0.05, 0.1) is 27.6 Å². The first-order chi connectivity index (χ1) is 16.2. The molecular weight excluding hydrogens is 484 g/mol. The molecule has 2 aromatic rings. The molecule has 0 aliphatic rings. The molecule has 0 N–H and O–H groups in total. The maximum atomic E-state index is 11.7. The van der Waals surface area contributed by atoms with Gasteiger partial charge in [-0.3, -0.25) is 25.0 Å². The molecular formula is C20H20N6O6S2. The summed E-state index contributed by atoms with van der Waals surface area (Å²) < 4.78 is 3.55. The van der Waals surface area contributed by atoms with Crippen LogP contribution in [0.4, 0.5) is 17.1 Å². The topological polar surface area (TPSA) is 164 Å². The van der Waals surface area contributed by atoms with Crippen molar-refractivity contribution in [2.45, 2.75) is 30.1 Å². The lowest BCUT2D eigenvalue weighted by Crippen LogP contribution is -2.26. The number of nitrogens with zero attached hydrogens (tertiary/aromatic N) is 6. The summed E-state index contributed by atoms with van der Waals surface area (Å²) in [5, 5.41) is 38.4. The van der Waals surface area contributed by atoms with Gasteiger partial charge in [-0.1, -0.05) is 0 Å². The van der Waals surface area contributed by atoms with E-state index in [2.05, 4.69) is 10.2 Å². The molecule has 2 aromatic carbocycles. The summed E-state index contributed by atoms with van der Waals surface area (Å²) >= 11 is 0.655. The van der Waals surface area contributed by atoms with Gasteiger partial charge >= 0.3 is 5.97 Å². The van der Waals surface area contributed by atoms with Crippen LogP contribution >= 0.6 is 23.9 Å². The third-order valence-corrected chi connectivity index (χ3v) is 5.50. The van der Waals surface area contributed by atoms with E-state index in [-0.39, 0.29) is 28.5 Å². The number of hydrogen-bond donors (Lipinski definition) is 0. The van der Waals surface area contributed by atoms with Crippen LogP contribution in [-0.2, 0) is 9.53 Å². The first-order valence-electron chi connectivity index (χ1n) is 9.81. The number of azo groups is 1. The Labute approximate surface area is 203 Å². The summed E-state index contributed by atoms with van der Waals surface area (Å²) in [4.78, 5) is 35.6. The van der Waals surface area contributed by atoms with Crippen LogP contribution in [0.15, 0.2) is 56.4 Å². The van der Waals surface area contributed by atoms with Crippen LogP contribution in [0.25, 0.3) is 0 Å². The molecule has 0 bridgehead atoms. The minimum Gasteiger partial charge on any atom is -0.450 e. The molecule has 14 heteroatoms. The Bertz CT molecular complexity index is 1100. The number of rotatable bonds is 12. The van der Waals surface area contributed by atoms with E-state index in [0.29, 0.717) is 42.7 Å². The van der Waals surface area contributed by atoms with E-state index in [9.17, 15) is 25.0 Å². The van der Waals surface area contributed by atoms with E-state index < -0.39 is 14.6 Å². The number of hydrogen-bond acceptors (Lipinski definition) is 12. The zero-order valence-electron chi connectivity index (χ0n) is 18.2. The van der Waals surface area contributed by atoms with Crippen molar-refractivity contribution in [3.05, 3.63) is 62.2 Å². The van der Waals surface area contributed by atoms with Crippen molar-refractivity contribution in [2.24, 2.45) is 10.2 Å². The van der Waals surface area contributed by atoms with Crippen LogP contribution in [0.5, 0.6) is 0 Å². The van der Waals surface area contributed by atoms with Crippen LogP contribution in [-0.4, -0.2) is 34.3 Å². The Morgan fingerprint density at radius 1 is 1.12 bits per heavy atom. The highest BCUT2D eigenvalue weighted by Gasteiger charge is 2.14. The SMILES string of the molecule is CCN(CCC(=O)OCC#N)c1ccc(N=Nc2cc(S[N+](=O)[O-])cc(S[N+](=O)[O-])c2)c(C)c1. The number of nitro groups is 2. The minimum absolute atomic E-state index is 0.138. The van der Waals surface area contributed by atoms with Gasteiger partial charge in [0.1, 0.15) is 14.7 Å². The van der Waals surface area contributed by atoms with Crippen molar-refractivity contribution in [3.8, 4) is 6.07 Å². The Hall–Kier alpha value is -3.70. The molecule has 0 aliphatic heterocycles. The quantitative estimate of drug-likeness (QED) is 0.122. The van der Waals surface area contributed by atoms with Crippen molar-refractivity contribution >= 4 is 46.9 Å². The summed E-state index contributed by atoms with van der Waals surface area (Å²) in [7, 11) is 0. The highest BCUT2D eigenvalue weighted by atomic mass is 32.2. The summed E-state index contributed by atoms with van der Waals surface area (Å²) in [5.41, 5.74) is 2.44. The molecule has 34 heavy (non-hydrogen) atoms. The number of carbonyl (C=O) groups is 1. The molecule has 0 heterocycles. The smallest absolute Gasteiger partial charge is 0.308 e. The number of benzene rings is 2. The fourth-order valence-corrected chi connectivity index (χ4v) is 3.96. The number of esters is 1. The van der Waals surface area contributed by atoms with Crippen molar-refractivity contribution in [1.29, 1.82) is 5.26 Å². The average Bonchev–Trinajstić information content (AvgIpc) is 2.76. The predicted molar refractivity (Wildman–Crippen MR) is 127 cm³/mol. The van der Waals surface area contributed by atoms with Crippen LogP contribution in [0.3, 0.4) is 0 Å². The number of anilines is 1. The summed E-state index contributed by atoms with van der Waals surface area (Å²) in [6.45, 7) is 4.56. The fourth-order valence-electron chi connectivity index (χ4n) is 2.83. The third-order valence-electron chi connectivity index (χ3n) is 4.31. The molecule has 2 rings (SSSR count). The van der Waals surface area contributed by atoms with E-state index in [1.807, 2.05) is 30.9 Å². The summed E-state index contributed by atoms with van der Waals surface area (Å²) in [5.74, 6) is -0.450. The molecule has 0 saturated carbocycles. The summed E-state index contributed by atoms with van der Waals surface area (Å²) in [6, 6.07) is 11.4. The van der Waals surface area contributed by atoms with Gasteiger partial charge in [-0.25, -0.2) is 0 Å². The van der Waals surface area contributed by atoms with Gasteiger partial charge in [0.15, 0.2) is 6.61 Å². The van der Waals surface area contributed by atoms with Gasteiger partial charge in [-0.05, 0) is 55.8 Å². The molecule has 178 valence electrons. The Kier molecular flexibility index (Phi) is 10.2. The van der Waals surface area contributed by atoms with Crippen LogP contribution < -0.4 is 4.90 Å². The molecule has 0 aromatic heterocycles. The predicted octanol–water partition coefficient (Wildman–Crippen LogP) is 5.26. The fraction of sp³-hybridized carbons (Fsp3) is 0.300. The molecule has 12 nitrogen and oxygen atoms in total. The Morgan fingerprint density at radius 2 is 1.76 bits per heavy atom. The highest BCUT2D eigenvalue weighted by molar-refractivity contribution is 7.94. The lowest BCUT2D eigenvalue weighted by Gasteiger charge is -2.23. The minimum atomic E-state index is -0.609. The van der Waals surface area contributed by atoms with Crippen LogP contribution in [0, 0.1) is 38.5 Å². The van der Waals surface area contributed by atoms with E-state index in [4.69, 9.17) is 10.00 Å². The van der Waals surface area contributed by atoms with Gasteiger partial charge in [-0.2, -0.15) is 15.5 Å². The lowest BCUT2D eigenvalue weighted by molar-refractivity contribution is -0.284. The van der Waals surface area contributed by atoms with E-state index in [1.165, 1.54) is 18.2 Å². The molecule has 0 radical (unpaired) electrons. The van der Waals surface area contributed by atoms with Crippen molar-refractivity contribution in [1.82, 2.24) is 0 Å². The molecule has 0 fully saturated rings. The van der Waals surface area contributed by atoms with E-state index in [0.717, 1.165) is 11.3 Å². The molecule has 0 unspecified atom stereocenters. The van der Waals surface area contributed by atoms with Gasteiger partial charge in [-0.15, -0.1) is 0 Å². The second-order valence-corrected chi connectivity index (χ2v) is 8.52. The first kappa shape index (κ1) is 26.6. The largest absolute Gasteiger partial charge is 0.450 e. The van der Waals surface area contributed by atoms with Crippen LogP contribution in [0.1, 0.15) is 18.9 Å². The number of nitriles is 1. The molecule has 0 amide bonds. The highest BCUT2D eigenvalue weighted by Crippen LogP contribution is 2.33. The van der Waals surface area contributed by atoms with Gasteiger partial charge in [0.2, 0.25) is 0 Å². The van der Waals surface area contributed by atoms with Crippen molar-refractivity contribution in [2.75, 3.05) is 24.6 Å². The zero-order chi connectivity index (χ0) is 25.1. The zero-order valence-corrected chi connectivity index (χ0v) is 19.9. The van der Waals surface area contributed by atoms with E-state index >= 15 is 0 Å². The van der Waals surface area contributed by atoms with Crippen molar-refractivity contribution < 1.29 is 18.2 Å². The number of ether oxygens (including phenoxy) is 1. The standard InChI is InChI=1S/C20H20N6O6S2/c1-3-24(8-6-20(27)32-9-7-21)16-4-5-19(14(2)10-16)23-22-15-11-17(33-25(28)29)13-18(12-15)34-26(30)31/h4-5,10-13H,3,6,8-9H2,1-2H3. The maximum absolute atomic E-state index is 11.7. The molecule has 0 spiro atoms. The number of carbonyl (C=O) groups excluding carboxylic acids is 1.